The van der Waals surface area contributed by atoms with Crippen LogP contribution in [0.4, 0.5) is 0 Å². The van der Waals surface area contributed by atoms with E-state index in [0.717, 1.165) is 5.56 Å². The zero-order chi connectivity index (χ0) is 10.6. The predicted octanol–water partition coefficient (Wildman–Crippen LogP) is 2.16. The van der Waals surface area contributed by atoms with Crippen molar-refractivity contribution in [1.82, 2.24) is 0 Å². The number of carbonyl (C=O) groups is 1. The monoisotopic (exact) mass is 212 g/mol. The minimum absolute atomic E-state index is 0.0867. The number of aliphatic hydroxyl groups excluding tert-OH is 1. The molecule has 76 valence electrons. The first-order valence-corrected chi connectivity index (χ1v) is 4.99. The molecule has 1 aromatic rings. The van der Waals surface area contributed by atoms with Crippen LogP contribution >= 0.6 is 11.6 Å². The summed E-state index contributed by atoms with van der Waals surface area (Å²) in [5.41, 5.74) is 0.730. The van der Waals surface area contributed by atoms with Crippen LogP contribution in [-0.2, 0) is 4.79 Å². The Bertz CT molecular complexity index is 297. The molecule has 14 heavy (non-hydrogen) atoms. The Balaban J connectivity index is 2.83. The van der Waals surface area contributed by atoms with E-state index in [1.807, 2.05) is 18.2 Å². The number of halogens is 1. The summed E-state index contributed by atoms with van der Waals surface area (Å²) in [7, 11) is 0. The van der Waals surface area contributed by atoms with E-state index in [1.165, 1.54) is 6.92 Å². The van der Waals surface area contributed by atoms with Gasteiger partial charge in [-0.1, -0.05) is 30.3 Å². The van der Waals surface area contributed by atoms with Gasteiger partial charge in [-0.15, -0.1) is 11.6 Å². The molecule has 0 saturated carbocycles. The molecule has 0 bridgehead atoms. The third kappa shape index (κ3) is 2.56. The van der Waals surface area contributed by atoms with E-state index < -0.39 is 12.0 Å². The van der Waals surface area contributed by atoms with Gasteiger partial charge in [0.1, 0.15) is 5.78 Å². The summed E-state index contributed by atoms with van der Waals surface area (Å²) in [6.45, 7) is 1.44. The van der Waals surface area contributed by atoms with Gasteiger partial charge in [0.05, 0.1) is 12.0 Å². The number of ketones is 1. The minimum Gasteiger partial charge on any atom is -0.388 e. The Morgan fingerprint density at radius 3 is 2.43 bits per heavy atom. The molecular formula is C11H13ClO2. The lowest BCUT2D eigenvalue weighted by Gasteiger charge is -2.18. The second-order valence-corrected chi connectivity index (χ2v) is 3.54. The van der Waals surface area contributed by atoms with Gasteiger partial charge in [0.15, 0.2) is 0 Å². The molecule has 1 rings (SSSR count). The lowest BCUT2D eigenvalue weighted by Crippen LogP contribution is -2.21. The third-order valence-corrected chi connectivity index (χ3v) is 2.54. The average Bonchev–Trinajstić information content (AvgIpc) is 2.19. The number of carbonyl (C=O) groups excluding carboxylic acids is 1. The van der Waals surface area contributed by atoms with Crippen LogP contribution in [-0.4, -0.2) is 16.8 Å². The Hall–Kier alpha value is -0.860. The topological polar surface area (TPSA) is 37.3 Å². The summed E-state index contributed by atoms with van der Waals surface area (Å²) in [6.07, 6.45) is -0.800. The van der Waals surface area contributed by atoms with Gasteiger partial charge in [0.2, 0.25) is 0 Å². The zero-order valence-electron chi connectivity index (χ0n) is 7.98. The maximum atomic E-state index is 11.1. The van der Waals surface area contributed by atoms with Crippen molar-refractivity contribution in [2.24, 2.45) is 5.92 Å². The smallest absolute Gasteiger partial charge is 0.137 e. The molecule has 0 radical (unpaired) electrons. The van der Waals surface area contributed by atoms with Crippen molar-refractivity contribution in [3.05, 3.63) is 35.9 Å². The van der Waals surface area contributed by atoms with Gasteiger partial charge in [-0.25, -0.2) is 0 Å². The number of Topliss-reactive ketones (excluding diaryl/α,β-unsaturated/α-hetero) is 1. The fourth-order valence-electron chi connectivity index (χ4n) is 1.30. The van der Waals surface area contributed by atoms with Gasteiger partial charge >= 0.3 is 0 Å². The summed E-state index contributed by atoms with van der Waals surface area (Å²) in [5.74, 6) is -0.457. The number of hydrogen-bond acceptors (Lipinski definition) is 2. The maximum Gasteiger partial charge on any atom is 0.137 e. The largest absolute Gasteiger partial charge is 0.388 e. The van der Waals surface area contributed by atoms with Gasteiger partial charge in [-0.3, -0.25) is 4.79 Å². The second kappa shape index (κ2) is 5.13. The Kier molecular flexibility index (Phi) is 4.11. The summed E-state index contributed by atoms with van der Waals surface area (Å²) in [4.78, 5) is 11.1. The standard InChI is InChI=1S/C11H13ClO2/c1-8(13)10(7-12)11(14)9-5-3-2-4-6-9/h2-6,10-11,14H,7H2,1H3/t10-,11-/m0/s1. The van der Waals surface area contributed by atoms with Crippen molar-refractivity contribution in [2.45, 2.75) is 13.0 Å². The first-order chi connectivity index (χ1) is 6.66. The minimum atomic E-state index is -0.800. The van der Waals surface area contributed by atoms with E-state index in [9.17, 15) is 9.90 Å². The van der Waals surface area contributed by atoms with Crippen molar-refractivity contribution in [3.63, 3.8) is 0 Å². The average molecular weight is 213 g/mol. The zero-order valence-corrected chi connectivity index (χ0v) is 8.74. The van der Waals surface area contributed by atoms with Crippen molar-refractivity contribution < 1.29 is 9.90 Å². The van der Waals surface area contributed by atoms with Crippen molar-refractivity contribution in [2.75, 3.05) is 5.88 Å². The number of benzene rings is 1. The van der Waals surface area contributed by atoms with Crippen LogP contribution in [0.1, 0.15) is 18.6 Å². The number of alkyl halides is 1. The molecule has 0 aliphatic rings. The highest BCUT2D eigenvalue weighted by atomic mass is 35.5. The Morgan fingerprint density at radius 1 is 1.43 bits per heavy atom. The van der Waals surface area contributed by atoms with Crippen LogP contribution < -0.4 is 0 Å². The van der Waals surface area contributed by atoms with Crippen LogP contribution in [0.3, 0.4) is 0 Å². The SMILES string of the molecule is CC(=O)[C@H](CCl)[C@@H](O)c1ccccc1. The number of rotatable bonds is 4. The van der Waals surface area contributed by atoms with Crippen LogP contribution in [0.25, 0.3) is 0 Å². The molecule has 2 atom stereocenters. The van der Waals surface area contributed by atoms with Crippen molar-refractivity contribution >= 4 is 17.4 Å². The molecule has 2 nitrogen and oxygen atoms in total. The fraction of sp³-hybridized carbons (Fsp3) is 0.364. The maximum absolute atomic E-state index is 11.1. The molecule has 0 aliphatic carbocycles. The van der Waals surface area contributed by atoms with Gasteiger partial charge in [-0.2, -0.15) is 0 Å². The normalized spacial score (nSPS) is 14.8. The Morgan fingerprint density at radius 2 is 2.00 bits per heavy atom. The van der Waals surface area contributed by atoms with Crippen LogP contribution in [0.2, 0.25) is 0 Å². The van der Waals surface area contributed by atoms with Crippen molar-refractivity contribution in [1.29, 1.82) is 0 Å². The molecule has 0 saturated heterocycles. The molecule has 0 aliphatic heterocycles. The molecule has 0 unspecified atom stereocenters. The first kappa shape index (κ1) is 11.2. The van der Waals surface area contributed by atoms with E-state index in [1.54, 1.807) is 12.1 Å². The Labute approximate surface area is 88.5 Å². The van der Waals surface area contributed by atoms with Crippen LogP contribution in [0.5, 0.6) is 0 Å². The van der Waals surface area contributed by atoms with Gasteiger partial charge < -0.3 is 5.11 Å². The molecule has 0 fully saturated rings. The first-order valence-electron chi connectivity index (χ1n) is 4.46. The van der Waals surface area contributed by atoms with Gasteiger partial charge in [0, 0.05) is 5.88 Å². The van der Waals surface area contributed by atoms with E-state index in [2.05, 4.69) is 0 Å². The second-order valence-electron chi connectivity index (χ2n) is 3.23. The molecule has 0 aromatic heterocycles. The van der Waals surface area contributed by atoms with E-state index in [0.29, 0.717) is 0 Å². The highest BCUT2D eigenvalue weighted by Gasteiger charge is 2.23. The van der Waals surface area contributed by atoms with E-state index in [-0.39, 0.29) is 11.7 Å². The summed E-state index contributed by atoms with van der Waals surface area (Å²) < 4.78 is 0. The number of hydrogen-bond donors (Lipinski definition) is 1. The molecule has 0 heterocycles. The summed E-state index contributed by atoms with van der Waals surface area (Å²) in [6, 6.07) is 9.08. The fourth-order valence-corrected chi connectivity index (χ4v) is 1.68. The molecule has 3 heteroatoms. The highest BCUT2D eigenvalue weighted by molar-refractivity contribution is 6.19. The summed E-state index contributed by atoms with van der Waals surface area (Å²) in [5, 5.41) is 9.85. The molecule has 1 aromatic carbocycles. The van der Waals surface area contributed by atoms with Crippen LogP contribution in [0.15, 0.2) is 30.3 Å². The molecule has 0 spiro atoms. The van der Waals surface area contributed by atoms with E-state index >= 15 is 0 Å². The quantitative estimate of drug-likeness (QED) is 0.777. The number of aliphatic hydroxyl groups is 1. The third-order valence-electron chi connectivity index (χ3n) is 2.21. The van der Waals surface area contributed by atoms with Crippen LogP contribution in [0, 0.1) is 5.92 Å². The molecule has 0 amide bonds. The lowest BCUT2D eigenvalue weighted by atomic mass is 9.94. The summed E-state index contributed by atoms with van der Waals surface area (Å²) >= 11 is 5.63. The van der Waals surface area contributed by atoms with E-state index in [4.69, 9.17) is 11.6 Å². The predicted molar refractivity (Wildman–Crippen MR) is 56.3 cm³/mol. The van der Waals surface area contributed by atoms with Crippen molar-refractivity contribution in [3.8, 4) is 0 Å². The molecular weight excluding hydrogens is 200 g/mol. The highest BCUT2D eigenvalue weighted by Crippen LogP contribution is 2.23. The lowest BCUT2D eigenvalue weighted by molar-refractivity contribution is -0.123. The van der Waals surface area contributed by atoms with Gasteiger partial charge in [0.25, 0.3) is 0 Å². The molecule has 1 N–H and O–H groups in total. The van der Waals surface area contributed by atoms with Gasteiger partial charge in [-0.05, 0) is 12.5 Å².